The number of nitrogens with zero attached hydrogens (tertiary/aromatic N) is 3. The molecular formula is C23H27FN4O4S. The van der Waals surface area contributed by atoms with Crippen LogP contribution < -0.4 is 10.1 Å². The highest BCUT2D eigenvalue weighted by molar-refractivity contribution is 7.90. The van der Waals surface area contributed by atoms with Crippen LogP contribution in [0.4, 0.5) is 10.2 Å². The second kappa shape index (κ2) is 10.6. The maximum Gasteiger partial charge on any atom is 0.239 e. The van der Waals surface area contributed by atoms with Gasteiger partial charge in [0.2, 0.25) is 5.91 Å². The Bertz CT molecular complexity index is 1210. The van der Waals surface area contributed by atoms with E-state index < -0.39 is 9.84 Å². The van der Waals surface area contributed by atoms with E-state index in [2.05, 4.69) is 10.4 Å². The molecule has 1 N–H and O–H groups in total. The van der Waals surface area contributed by atoms with Crippen LogP contribution in [-0.2, 0) is 14.6 Å². The second-order valence-electron chi connectivity index (χ2n) is 7.79. The molecule has 0 aliphatic carbocycles. The van der Waals surface area contributed by atoms with E-state index in [9.17, 15) is 17.6 Å². The van der Waals surface area contributed by atoms with Crippen molar-refractivity contribution in [1.82, 2.24) is 14.7 Å². The average molecular weight is 475 g/mol. The van der Waals surface area contributed by atoms with Crippen molar-refractivity contribution >= 4 is 21.6 Å². The van der Waals surface area contributed by atoms with Gasteiger partial charge in [0.1, 0.15) is 17.4 Å². The zero-order valence-electron chi connectivity index (χ0n) is 18.8. The molecule has 10 heteroatoms. The molecule has 8 nitrogen and oxygen atoms in total. The molecule has 0 spiro atoms. The highest BCUT2D eigenvalue weighted by Crippen LogP contribution is 2.18. The molecule has 0 radical (unpaired) electrons. The molecule has 0 saturated carbocycles. The minimum absolute atomic E-state index is 0.164. The van der Waals surface area contributed by atoms with Gasteiger partial charge < -0.3 is 10.1 Å². The van der Waals surface area contributed by atoms with Crippen molar-refractivity contribution in [3.05, 3.63) is 66.1 Å². The highest BCUT2D eigenvalue weighted by Gasteiger charge is 2.13. The average Bonchev–Trinajstić information content (AvgIpc) is 3.11. The number of nitrogens with one attached hydrogen (secondary N) is 1. The van der Waals surface area contributed by atoms with Crippen molar-refractivity contribution in [2.24, 2.45) is 0 Å². The van der Waals surface area contributed by atoms with Gasteiger partial charge in [0.15, 0.2) is 9.84 Å². The Morgan fingerprint density at radius 2 is 1.91 bits per heavy atom. The number of carbonyl (C=O) groups excluding carboxylic acids is 1. The summed E-state index contributed by atoms with van der Waals surface area (Å²) in [6.07, 6.45) is 1.81. The zero-order valence-corrected chi connectivity index (χ0v) is 19.6. The molecule has 0 saturated heterocycles. The van der Waals surface area contributed by atoms with E-state index in [1.165, 1.54) is 24.3 Å². The van der Waals surface area contributed by atoms with E-state index in [1.807, 2.05) is 18.9 Å². The number of anilines is 1. The molecule has 0 fully saturated rings. The second-order valence-corrected chi connectivity index (χ2v) is 9.81. The first-order valence-corrected chi connectivity index (χ1v) is 12.2. The molecular weight excluding hydrogens is 447 g/mol. The number of sulfone groups is 1. The zero-order chi connectivity index (χ0) is 24.0. The van der Waals surface area contributed by atoms with Gasteiger partial charge in [0.25, 0.3) is 0 Å². The molecule has 33 heavy (non-hydrogen) atoms. The first kappa shape index (κ1) is 24.4. The molecule has 0 aliphatic heterocycles. The van der Waals surface area contributed by atoms with Crippen LogP contribution in [-0.4, -0.2) is 62.0 Å². The minimum atomic E-state index is -3.29. The Kier molecular flexibility index (Phi) is 7.83. The van der Waals surface area contributed by atoms with Gasteiger partial charge in [-0.1, -0.05) is 6.07 Å². The normalized spacial score (nSPS) is 11.5. The topological polar surface area (TPSA) is 93.5 Å². The van der Waals surface area contributed by atoms with Crippen molar-refractivity contribution in [3.8, 4) is 11.4 Å². The van der Waals surface area contributed by atoms with E-state index in [0.717, 1.165) is 11.9 Å². The number of amides is 1. The summed E-state index contributed by atoms with van der Waals surface area (Å²) in [6, 6.07) is 14.0. The largest absolute Gasteiger partial charge is 0.494 e. The number of carbonyl (C=O) groups is 1. The lowest BCUT2D eigenvalue weighted by Gasteiger charge is -2.17. The molecule has 176 valence electrons. The summed E-state index contributed by atoms with van der Waals surface area (Å²) in [4.78, 5) is 14.6. The summed E-state index contributed by atoms with van der Waals surface area (Å²) < 4.78 is 43.7. The fraction of sp³-hybridized carbons (Fsp3) is 0.304. The van der Waals surface area contributed by atoms with Crippen LogP contribution in [0.5, 0.6) is 5.75 Å². The van der Waals surface area contributed by atoms with Gasteiger partial charge in [-0.15, -0.1) is 0 Å². The van der Waals surface area contributed by atoms with Gasteiger partial charge in [-0.3, -0.25) is 9.69 Å². The number of hydrogen-bond donors (Lipinski definition) is 1. The molecule has 0 atom stereocenters. The number of aromatic nitrogens is 2. The lowest BCUT2D eigenvalue weighted by molar-refractivity contribution is -0.117. The van der Waals surface area contributed by atoms with Crippen LogP contribution in [0.3, 0.4) is 0 Å². The maximum absolute atomic E-state index is 13.2. The molecule has 3 aromatic rings. The Morgan fingerprint density at radius 3 is 2.61 bits per heavy atom. The van der Waals surface area contributed by atoms with Gasteiger partial charge in [0.05, 0.1) is 29.4 Å². The van der Waals surface area contributed by atoms with Gasteiger partial charge in [-0.25, -0.2) is 17.5 Å². The van der Waals surface area contributed by atoms with Crippen molar-refractivity contribution in [2.45, 2.75) is 18.2 Å². The van der Waals surface area contributed by atoms with E-state index in [-0.39, 0.29) is 23.2 Å². The smallest absolute Gasteiger partial charge is 0.239 e. The molecule has 0 bridgehead atoms. The van der Waals surface area contributed by atoms with Gasteiger partial charge >= 0.3 is 0 Å². The third-order valence-electron chi connectivity index (χ3n) is 4.77. The van der Waals surface area contributed by atoms with E-state index in [0.29, 0.717) is 36.8 Å². The van der Waals surface area contributed by atoms with Crippen LogP contribution in [0.25, 0.3) is 5.69 Å². The number of ether oxygens (including phenoxy) is 1. The molecule has 0 unspecified atom stereocenters. The first-order valence-electron chi connectivity index (χ1n) is 10.4. The molecule has 1 heterocycles. The summed E-state index contributed by atoms with van der Waals surface area (Å²) in [5, 5.41) is 7.22. The SMILES string of the molecule is Cc1cc(NC(=O)CN(C)CCCOc2cccc(S(C)(=O)=O)c2)n(-c2ccc(F)cc2)n1. The van der Waals surface area contributed by atoms with E-state index >= 15 is 0 Å². The van der Waals surface area contributed by atoms with E-state index in [4.69, 9.17) is 4.74 Å². The quantitative estimate of drug-likeness (QED) is 0.454. The van der Waals surface area contributed by atoms with E-state index in [1.54, 1.807) is 35.0 Å². The molecule has 1 aromatic heterocycles. The van der Waals surface area contributed by atoms with Gasteiger partial charge in [-0.05, 0) is 62.9 Å². The molecule has 1 amide bonds. The van der Waals surface area contributed by atoms with Crippen molar-refractivity contribution in [1.29, 1.82) is 0 Å². The van der Waals surface area contributed by atoms with Gasteiger partial charge in [-0.2, -0.15) is 5.10 Å². The minimum Gasteiger partial charge on any atom is -0.494 e. The summed E-state index contributed by atoms with van der Waals surface area (Å²) in [7, 11) is -1.46. The number of rotatable bonds is 10. The predicted octanol–water partition coefficient (Wildman–Crippen LogP) is 3.06. The number of aryl methyl sites for hydroxylation is 1. The van der Waals surface area contributed by atoms with Crippen molar-refractivity contribution in [2.75, 3.05) is 38.3 Å². The Balaban J connectivity index is 1.47. The maximum atomic E-state index is 13.2. The monoisotopic (exact) mass is 474 g/mol. The molecule has 3 rings (SSSR count). The van der Waals surface area contributed by atoms with Crippen molar-refractivity contribution in [3.63, 3.8) is 0 Å². The number of hydrogen-bond acceptors (Lipinski definition) is 6. The summed E-state index contributed by atoms with van der Waals surface area (Å²) in [5.74, 6) is 0.443. The fourth-order valence-corrected chi connectivity index (χ4v) is 3.85. The third-order valence-corrected chi connectivity index (χ3v) is 5.88. The molecule has 2 aromatic carbocycles. The Hall–Kier alpha value is -3.24. The van der Waals surface area contributed by atoms with Crippen LogP contribution in [0, 0.1) is 12.7 Å². The highest BCUT2D eigenvalue weighted by atomic mass is 32.2. The van der Waals surface area contributed by atoms with Crippen LogP contribution in [0.1, 0.15) is 12.1 Å². The number of halogens is 1. The lowest BCUT2D eigenvalue weighted by atomic mass is 10.3. The van der Waals surface area contributed by atoms with Gasteiger partial charge in [0, 0.05) is 18.9 Å². The summed E-state index contributed by atoms with van der Waals surface area (Å²) in [5.41, 5.74) is 1.37. The van der Waals surface area contributed by atoms with Crippen LogP contribution in [0.2, 0.25) is 0 Å². The lowest BCUT2D eigenvalue weighted by Crippen LogP contribution is -2.32. The number of likely N-dealkylation sites (N-methyl/N-ethyl adjacent to an activating group) is 1. The Morgan fingerprint density at radius 1 is 1.18 bits per heavy atom. The van der Waals surface area contributed by atoms with Crippen LogP contribution in [0.15, 0.2) is 59.5 Å². The predicted molar refractivity (Wildman–Crippen MR) is 124 cm³/mol. The summed E-state index contributed by atoms with van der Waals surface area (Å²) in [6.45, 7) is 2.97. The molecule has 0 aliphatic rings. The fourth-order valence-electron chi connectivity index (χ4n) is 3.19. The standard InChI is InChI=1S/C23H27FN4O4S/c1-17-14-22(28(26-17)19-10-8-18(24)9-11-19)25-23(29)16-27(2)12-5-13-32-20-6-4-7-21(15-20)33(3,30)31/h4,6-11,14-15H,5,12-13,16H2,1-3H3,(H,25,29). The summed E-state index contributed by atoms with van der Waals surface area (Å²) >= 11 is 0. The van der Waals surface area contributed by atoms with Crippen molar-refractivity contribution < 1.29 is 22.3 Å². The number of benzene rings is 2. The third kappa shape index (κ3) is 7.13. The first-order chi connectivity index (χ1) is 15.6. The van der Waals surface area contributed by atoms with Crippen LogP contribution >= 0.6 is 0 Å². The Labute approximate surface area is 192 Å².